The molecular formula is C19H17ClN2O4S2. The van der Waals surface area contributed by atoms with Gasteiger partial charge in [0.15, 0.2) is 10.9 Å². The van der Waals surface area contributed by atoms with Crippen LogP contribution in [0, 0.1) is 5.92 Å². The Morgan fingerprint density at radius 3 is 2.75 bits per heavy atom. The monoisotopic (exact) mass is 436 g/mol. The number of rotatable bonds is 4. The third kappa shape index (κ3) is 3.72. The van der Waals surface area contributed by atoms with Gasteiger partial charge in [-0.05, 0) is 61.6 Å². The van der Waals surface area contributed by atoms with E-state index in [1.807, 2.05) is 0 Å². The van der Waals surface area contributed by atoms with Crippen LogP contribution >= 0.6 is 22.9 Å². The number of aromatic nitrogens is 1. The van der Waals surface area contributed by atoms with Crippen molar-refractivity contribution in [3.63, 3.8) is 0 Å². The van der Waals surface area contributed by atoms with Crippen LogP contribution in [0.5, 0.6) is 0 Å². The van der Waals surface area contributed by atoms with E-state index in [0.717, 1.165) is 25.0 Å². The minimum atomic E-state index is -3.87. The molecule has 1 unspecified atom stereocenters. The number of amides is 1. The molecule has 1 atom stereocenters. The first-order chi connectivity index (χ1) is 13.3. The summed E-state index contributed by atoms with van der Waals surface area (Å²) in [5.74, 6) is -0.00649. The molecule has 0 saturated heterocycles. The summed E-state index contributed by atoms with van der Waals surface area (Å²) in [6.45, 7) is 2.20. The van der Waals surface area contributed by atoms with E-state index >= 15 is 0 Å². The number of hydrogen-bond donors (Lipinski definition) is 1. The van der Waals surface area contributed by atoms with E-state index in [1.54, 1.807) is 0 Å². The van der Waals surface area contributed by atoms with Crippen molar-refractivity contribution in [2.75, 3.05) is 5.32 Å². The zero-order valence-corrected chi connectivity index (χ0v) is 17.3. The Morgan fingerprint density at radius 2 is 2.00 bits per heavy atom. The molecule has 0 spiro atoms. The Hall–Kier alpha value is -2.16. The quantitative estimate of drug-likeness (QED) is 0.645. The first-order valence-corrected chi connectivity index (χ1v) is 11.4. The van der Waals surface area contributed by atoms with Crippen LogP contribution in [0.3, 0.4) is 0 Å². The summed E-state index contributed by atoms with van der Waals surface area (Å²) in [5, 5.41) is 3.34. The van der Waals surface area contributed by atoms with Gasteiger partial charge in [0.2, 0.25) is 14.9 Å². The highest BCUT2D eigenvalue weighted by molar-refractivity contribution is 7.91. The molecule has 146 valence electrons. The number of nitrogens with one attached hydrogen (secondary N) is 1. The molecule has 2 aromatic heterocycles. The van der Waals surface area contributed by atoms with Crippen LogP contribution in [0.15, 0.2) is 50.8 Å². The molecule has 4 rings (SSSR count). The third-order valence-electron chi connectivity index (χ3n) is 4.60. The van der Waals surface area contributed by atoms with Gasteiger partial charge in [0.1, 0.15) is 0 Å². The Bertz CT molecular complexity index is 1130. The van der Waals surface area contributed by atoms with Crippen molar-refractivity contribution in [1.29, 1.82) is 0 Å². The van der Waals surface area contributed by atoms with Gasteiger partial charge < -0.3 is 4.42 Å². The normalized spacial score (nSPS) is 16.6. The van der Waals surface area contributed by atoms with Crippen LogP contribution in [-0.4, -0.2) is 19.3 Å². The lowest BCUT2D eigenvalue weighted by atomic mass is 9.93. The predicted octanol–water partition coefficient (Wildman–Crippen LogP) is 4.60. The van der Waals surface area contributed by atoms with Crippen LogP contribution in [0.1, 0.15) is 34.5 Å². The van der Waals surface area contributed by atoms with Crippen LogP contribution in [0.25, 0.3) is 0 Å². The molecule has 1 aliphatic rings. The molecule has 6 nitrogen and oxygen atoms in total. The van der Waals surface area contributed by atoms with Crippen molar-refractivity contribution in [3.05, 3.63) is 57.8 Å². The van der Waals surface area contributed by atoms with E-state index in [9.17, 15) is 13.2 Å². The maximum absolute atomic E-state index is 12.6. The number of nitrogens with zero attached hydrogens (tertiary/aromatic N) is 1. The third-order valence-corrected chi connectivity index (χ3v) is 7.53. The molecule has 0 bridgehead atoms. The number of sulfone groups is 1. The highest BCUT2D eigenvalue weighted by atomic mass is 35.5. The summed E-state index contributed by atoms with van der Waals surface area (Å²) in [4.78, 5) is 18.2. The number of benzene rings is 1. The van der Waals surface area contributed by atoms with Crippen LogP contribution in [0.2, 0.25) is 5.02 Å². The van der Waals surface area contributed by atoms with E-state index in [1.165, 1.54) is 52.6 Å². The maximum Gasteiger partial charge on any atom is 0.293 e. The molecule has 0 fully saturated rings. The zero-order chi connectivity index (χ0) is 19.9. The molecule has 28 heavy (non-hydrogen) atoms. The summed E-state index contributed by atoms with van der Waals surface area (Å²) in [6.07, 6.45) is 2.97. The number of aryl methyl sites for hydroxylation is 1. The first kappa shape index (κ1) is 19.2. The predicted molar refractivity (Wildman–Crippen MR) is 107 cm³/mol. The van der Waals surface area contributed by atoms with Crippen molar-refractivity contribution >= 4 is 43.8 Å². The van der Waals surface area contributed by atoms with Crippen molar-refractivity contribution in [2.45, 2.75) is 36.2 Å². The summed E-state index contributed by atoms with van der Waals surface area (Å²) in [6, 6.07) is 8.36. The lowest BCUT2D eigenvalue weighted by molar-refractivity contribution is 0.0991. The highest BCUT2D eigenvalue weighted by Gasteiger charge is 2.25. The second-order valence-electron chi connectivity index (χ2n) is 6.77. The minimum absolute atomic E-state index is 0.0416. The van der Waals surface area contributed by atoms with Gasteiger partial charge in [-0.2, -0.15) is 0 Å². The van der Waals surface area contributed by atoms with E-state index in [4.69, 9.17) is 16.0 Å². The Balaban J connectivity index is 1.52. The molecule has 0 saturated carbocycles. The van der Waals surface area contributed by atoms with E-state index < -0.39 is 15.7 Å². The smallest absolute Gasteiger partial charge is 0.293 e. The van der Waals surface area contributed by atoms with Gasteiger partial charge in [-0.15, -0.1) is 11.3 Å². The van der Waals surface area contributed by atoms with Gasteiger partial charge >= 0.3 is 0 Å². The number of thiazole rings is 1. The van der Waals surface area contributed by atoms with Crippen molar-refractivity contribution in [2.24, 2.45) is 5.92 Å². The average Bonchev–Trinajstić information content (AvgIpc) is 3.28. The fourth-order valence-electron chi connectivity index (χ4n) is 3.07. The molecule has 1 N–H and O–H groups in total. The largest absolute Gasteiger partial charge is 0.439 e. The van der Waals surface area contributed by atoms with Crippen LogP contribution in [-0.2, 0) is 22.7 Å². The van der Waals surface area contributed by atoms with Crippen molar-refractivity contribution in [3.8, 4) is 0 Å². The zero-order valence-electron chi connectivity index (χ0n) is 14.9. The van der Waals surface area contributed by atoms with Crippen molar-refractivity contribution < 1.29 is 17.6 Å². The van der Waals surface area contributed by atoms with Crippen LogP contribution in [0.4, 0.5) is 5.13 Å². The van der Waals surface area contributed by atoms with Crippen molar-refractivity contribution in [1.82, 2.24) is 4.98 Å². The molecule has 0 aliphatic heterocycles. The number of fused-ring (bicyclic) bond motifs is 1. The number of carbonyl (C=O) groups is 1. The van der Waals surface area contributed by atoms with Gasteiger partial charge in [0.05, 0.1) is 10.6 Å². The maximum atomic E-state index is 12.6. The topological polar surface area (TPSA) is 89.3 Å². The highest BCUT2D eigenvalue weighted by Crippen LogP contribution is 2.32. The number of halogens is 1. The Kier molecular flexibility index (Phi) is 5.03. The Morgan fingerprint density at radius 1 is 1.25 bits per heavy atom. The average molecular weight is 437 g/mol. The standard InChI is InChI=1S/C19H17ClN2O4S2/c1-11-2-7-14-16(10-11)27-19(21-14)22-18(23)15-8-9-17(26-15)28(24,25)13-5-3-12(20)4-6-13/h3-6,8-9,11H,2,7,10H2,1H3,(H,21,22,23). The molecule has 1 aromatic carbocycles. The van der Waals surface area contributed by atoms with E-state index in [0.29, 0.717) is 16.1 Å². The second-order valence-corrected chi connectivity index (χ2v) is 10.2. The molecule has 9 heteroatoms. The van der Waals surface area contributed by atoms with Gasteiger partial charge in [-0.1, -0.05) is 18.5 Å². The molecule has 0 radical (unpaired) electrons. The lowest BCUT2D eigenvalue weighted by Gasteiger charge is -2.15. The number of carbonyl (C=O) groups excluding carboxylic acids is 1. The SMILES string of the molecule is CC1CCc2nc(NC(=O)c3ccc(S(=O)(=O)c4ccc(Cl)cc4)o3)sc2C1. The molecule has 3 aromatic rings. The summed E-state index contributed by atoms with van der Waals surface area (Å²) >= 11 is 7.26. The first-order valence-electron chi connectivity index (χ1n) is 8.73. The molecule has 1 aliphatic carbocycles. The lowest BCUT2D eigenvalue weighted by Crippen LogP contribution is -2.11. The number of furan rings is 1. The molecular weight excluding hydrogens is 420 g/mol. The second kappa shape index (κ2) is 7.35. The van der Waals surface area contributed by atoms with Gasteiger partial charge in [0.25, 0.3) is 5.91 Å². The molecule has 1 amide bonds. The summed E-state index contributed by atoms with van der Waals surface area (Å²) in [7, 11) is -3.87. The fraction of sp³-hybridized carbons (Fsp3) is 0.263. The minimum Gasteiger partial charge on any atom is -0.439 e. The van der Waals surface area contributed by atoms with Crippen LogP contribution < -0.4 is 5.32 Å². The Labute approximate surface area is 171 Å². The van der Waals surface area contributed by atoms with Gasteiger partial charge in [-0.25, -0.2) is 13.4 Å². The summed E-state index contributed by atoms with van der Waals surface area (Å²) in [5.41, 5.74) is 1.03. The van der Waals surface area contributed by atoms with E-state index in [2.05, 4.69) is 17.2 Å². The van der Waals surface area contributed by atoms with Gasteiger partial charge in [0, 0.05) is 9.90 Å². The number of anilines is 1. The number of hydrogen-bond acceptors (Lipinski definition) is 6. The fourth-order valence-corrected chi connectivity index (χ4v) is 5.53. The summed E-state index contributed by atoms with van der Waals surface area (Å²) < 4.78 is 30.6. The van der Waals surface area contributed by atoms with Gasteiger partial charge in [-0.3, -0.25) is 10.1 Å². The van der Waals surface area contributed by atoms with E-state index in [-0.39, 0.29) is 15.7 Å². The molecule has 2 heterocycles.